The predicted molar refractivity (Wildman–Crippen MR) is 79.6 cm³/mol. The largest absolute Gasteiger partial charge is 0.294 e. The van der Waals surface area contributed by atoms with Crippen LogP contribution in [0.25, 0.3) is 10.9 Å². The highest BCUT2D eigenvalue weighted by Crippen LogP contribution is 2.49. The quantitative estimate of drug-likeness (QED) is 0.777. The molecule has 102 valence electrons. The third kappa shape index (κ3) is 1.94. The molecule has 0 spiro atoms. The number of benzene rings is 1. The van der Waals surface area contributed by atoms with Gasteiger partial charge in [0, 0.05) is 23.6 Å². The summed E-state index contributed by atoms with van der Waals surface area (Å²) in [6, 6.07) is 9.83. The topological polar surface area (TPSA) is 30.0 Å². The van der Waals surface area contributed by atoms with E-state index in [0.29, 0.717) is 11.7 Å². The Balaban J connectivity index is 1.61. The third-order valence-corrected chi connectivity index (χ3v) is 5.28. The zero-order chi connectivity index (χ0) is 13.5. The van der Waals surface area contributed by atoms with Crippen molar-refractivity contribution in [2.45, 2.75) is 32.1 Å². The molecule has 2 heteroatoms. The van der Waals surface area contributed by atoms with Crippen molar-refractivity contribution >= 4 is 16.7 Å². The number of hydrogen-bond acceptors (Lipinski definition) is 2. The molecule has 2 fully saturated rings. The minimum Gasteiger partial charge on any atom is -0.294 e. The minimum absolute atomic E-state index is 0.307. The van der Waals surface area contributed by atoms with E-state index in [9.17, 15) is 4.79 Å². The zero-order valence-corrected chi connectivity index (χ0v) is 11.6. The van der Waals surface area contributed by atoms with Crippen LogP contribution in [-0.2, 0) is 0 Å². The van der Waals surface area contributed by atoms with E-state index in [-0.39, 0.29) is 0 Å². The molecule has 2 nitrogen and oxygen atoms in total. The number of nitrogens with zero attached hydrogens (tertiary/aromatic N) is 1. The molecular weight excluding hydrogens is 246 g/mol. The van der Waals surface area contributed by atoms with Crippen LogP contribution in [0.3, 0.4) is 0 Å². The van der Waals surface area contributed by atoms with Gasteiger partial charge in [-0.15, -0.1) is 0 Å². The van der Waals surface area contributed by atoms with Crippen LogP contribution >= 0.6 is 0 Å². The number of hydrogen-bond donors (Lipinski definition) is 0. The van der Waals surface area contributed by atoms with Gasteiger partial charge in [0.05, 0.1) is 5.52 Å². The number of rotatable bonds is 3. The van der Waals surface area contributed by atoms with Crippen molar-refractivity contribution in [1.29, 1.82) is 0 Å². The summed E-state index contributed by atoms with van der Waals surface area (Å²) in [7, 11) is 0. The maximum absolute atomic E-state index is 12.7. The van der Waals surface area contributed by atoms with E-state index in [1.54, 1.807) is 6.20 Å². The van der Waals surface area contributed by atoms with Crippen LogP contribution in [0, 0.1) is 17.8 Å². The van der Waals surface area contributed by atoms with Crippen LogP contribution in [0.2, 0.25) is 0 Å². The number of Topliss-reactive ketones (excluding diaryl/α,β-unsaturated/α-hetero) is 1. The highest BCUT2D eigenvalue weighted by Gasteiger charge is 2.40. The maximum Gasteiger partial charge on any atom is 0.163 e. The Hall–Kier alpha value is -1.70. The fourth-order valence-corrected chi connectivity index (χ4v) is 4.31. The summed E-state index contributed by atoms with van der Waals surface area (Å²) in [4.78, 5) is 17.0. The van der Waals surface area contributed by atoms with E-state index < -0.39 is 0 Å². The van der Waals surface area contributed by atoms with Gasteiger partial charge < -0.3 is 0 Å². The summed E-state index contributed by atoms with van der Waals surface area (Å²) in [5.74, 6) is 2.67. The Morgan fingerprint density at radius 3 is 2.85 bits per heavy atom. The van der Waals surface area contributed by atoms with Crippen molar-refractivity contribution < 1.29 is 4.79 Å². The molecule has 0 saturated heterocycles. The molecule has 1 aromatic heterocycles. The van der Waals surface area contributed by atoms with Crippen LogP contribution in [0.4, 0.5) is 0 Å². The molecule has 3 atom stereocenters. The van der Waals surface area contributed by atoms with E-state index >= 15 is 0 Å². The second-order valence-electron chi connectivity index (χ2n) is 6.44. The SMILES string of the molecule is O=C(CC1CC2CCC1C2)c1ccnc2ccccc12. The van der Waals surface area contributed by atoms with Gasteiger partial charge in [0.25, 0.3) is 0 Å². The Bertz CT molecular complexity index is 658. The van der Waals surface area contributed by atoms with E-state index in [2.05, 4.69) is 4.98 Å². The number of aromatic nitrogens is 1. The first kappa shape index (κ1) is 12.1. The Morgan fingerprint density at radius 1 is 1.15 bits per heavy atom. The van der Waals surface area contributed by atoms with Gasteiger partial charge in [-0.2, -0.15) is 0 Å². The maximum atomic E-state index is 12.7. The minimum atomic E-state index is 0.307. The van der Waals surface area contributed by atoms with Crippen molar-refractivity contribution in [2.75, 3.05) is 0 Å². The number of para-hydroxylation sites is 1. The van der Waals surface area contributed by atoms with Crippen molar-refractivity contribution in [2.24, 2.45) is 17.8 Å². The summed E-state index contributed by atoms with van der Waals surface area (Å²) in [5, 5.41) is 1.00. The van der Waals surface area contributed by atoms with Gasteiger partial charge in [-0.25, -0.2) is 0 Å². The first-order chi connectivity index (χ1) is 9.81. The summed E-state index contributed by atoms with van der Waals surface area (Å²) in [6.07, 6.45) is 7.88. The van der Waals surface area contributed by atoms with Crippen molar-refractivity contribution in [3.8, 4) is 0 Å². The van der Waals surface area contributed by atoms with Crippen LogP contribution < -0.4 is 0 Å². The van der Waals surface area contributed by atoms with E-state index in [0.717, 1.165) is 34.7 Å². The standard InChI is InChI=1S/C18H19NO/c20-18(11-14-10-12-5-6-13(14)9-12)16-7-8-19-17-4-2-1-3-15(16)17/h1-4,7-8,12-14H,5-6,9-11H2. The summed E-state index contributed by atoms with van der Waals surface area (Å²) in [6.45, 7) is 0. The van der Waals surface area contributed by atoms with Gasteiger partial charge in [-0.3, -0.25) is 9.78 Å². The van der Waals surface area contributed by atoms with Gasteiger partial charge in [-0.1, -0.05) is 24.6 Å². The molecule has 4 rings (SSSR count). The normalized spacial score (nSPS) is 28.1. The first-order valence-corrected chi connectivity index (χ1v) is 7.68. The molecule has 0 aliphatic heterocycles. The molecule has 1 heterocycles. The fraction of sp³-hybridized carbons (Fsp3) is 0.444. The predicted octanol–water partition coefficient (Wildman–Crippen LogP) is 4.24. The highest BCUT2D eigenvalue weighted by atomic mass is 16.1. The zero-order valence-electron chi connectivity index (χ0n) is 11.6. The molecule has 2 saturated carbocycles. The van der Waals surface area contributed by atoms with Gasteiger partial charge in [0.2, 0.25) is 0 Å². The lowest BCUT2D eigenvalue weighted by atomic mass is 9.84. The second-order valence-corrected chi connectivity index (χ2v) is 6.44. The summed E-state index contributed by atoms with van der Waals surface area (Å²) < 4.78 is 0. The van der Waals surface area contributed by atoms with Crippen molar-refractivity contribution in [3.63, 3.8) is 0 Å². The number of carbonyl (C=O) groups excluding carboxylic acids is 1. The number of ketones is 1. The lowest BCUT2D eigenvalue weighted by molar-refractivity contribution is 0.0946. The number of carbonyl (C=O) groups is 1. The van der Waals surface area contributed by atoms with E-state index in [1.807, 2.05) is 30.3 Å². The lowest BCUT2D eigenvalue weighted by Crippen LogP contribution is -2.15. The summed E-state index contributed by atoms with van der Waals surface area (Å²) >= 11 is 0. The van der Waals surface area contributed by atoms with Crippen LogP contribution in [-0.4, -0.2) is 10.8 Å². The average Bonchev–Trinajstić information content (AvgIpc) is 3.09. The Kier molecular flexibility index (Phi) is 2.83. The smallest absolute Gasteiger partial charge is 0.163 e. The van der Waals surface area contributed by atoms with E-state index in [4.69, 9.17) is 0 Å². The molecule has 2 aliphatic carbocycles. The van der Waals surface area contributed by atoms with Crippen LogP contribution in [0.15, 0.2) is 36.5 Å². The second kappa shape index (κ2) is 4.69. The number of pyridine rings is 1. The molecule has 0 amide bonds. The molecule has 2 aromatic rings. The molecule has 2 bridgehead atoms. The molecular formula is C18H19NO. The third-order valence-electron chi connectivity index (χ3n) is 5.28. The average molecular weight is 265 g/mol. The highest BCUT2D eigenvalue weighted by molar-refractivity contribution is 6.07. The van der Waals surface area contributed by atoms with Gasteiger partial charge >= 0.3 is 0 Å². The Morgan fingerprint density at radius 2 is 2.05 bits per heavy atom. The summed E-state index contributed by atoms with van der Waals surface area (Å²) in [5.41, 5.74) is 1.78. The van der Waals surface area contributed by atoms with Crippen molar-refractivity contribution in [3.05, 3.63) is 42.1 Å². The van der Waals surface area contributed by atoms with Gasteiger partial charge in [0.1, 0.15) is 0 Å². The molecule has 2 aliphatic rings. The molecule has 0 N–H and O–H groups in total. The molecule has 0 radical (unpaired) electrons. The van der Waals surface area contributed by atoms with Crippen LogP contribution in [0.5, 0.6) is 0 Å². The van der Waals surface area contributed by atoms with Gasteiger partial charge in [-0.05, 0) is 49.1 Å². The lowest BCUT2D eigenvalue weighted by Gasteiger charge is -2.20. The molecule has 1 aromatic carbocycles. The fourth-order valence-electron chi connectivity index (χ4n) is 4.31. The van der Waals surface area contributed by atoms with Crippen molar-refractivity contribution in [1.82, 2.24) is 4.98 Å². The number of fused-ring (bicyclic) bond motifs is 3. The Labute approximate surface area is 119 Å². The monoisotopic (exact) mass is 265 g/mol. The first-order valence-electron chi connectivity index (χ1n) is 7.68. The van der Waals surface area contributed by atoms with E-state index in [1.165, 1.54) is 25.7 Å². The molecule has 3 unspecified atom stereocenters. The van der Waals surface area contributed by atoms with Crippen LogP contribution in [0.1, 0.15) is 42.5 Å². The molecule has 20 heavy (non-hydrogen) atoms. The van der Waals surface area contributed by atoms with Gasteiger partial charge in [0.15, 0.2) is 5.78 Å².